The number of hydrogen-bond donors (Lipinski definition) is 1. The van der Waals surface area contributed by atoms with Gasteiger partial charge in [-0.05, 0) is 108 Å². The molecule has 0 fully saturated rings. The average molecular weight is 445 g/mol. The van der Waals surface area contributed by atoms with Crippen LogP contribution in [0.1, 0.15) is 72.2 Å². The number of nitrogens with zero attached hydrogens (tertiary/aromatic N) is 3. The van der Waals surface area contributed by atoms with Gasteiger partial charge in [-0.25, -0.2) is 9.67 Å². The van der Waals surface area contributed by atoms with Crippen LogP contribution in [0.25, 0.3) is 16.7 Å². The molecule has 1 aromatic carbocycles. The van der Waals surface area contributed by atoms with Crippen LogP contribution in [0.15, 0.2) is 29.8 Å². The van der Waals surface area contributed by atoms with Crippen molar-refractivity contribution in [2.24, 2.45) is 0 Å². The number of pyridine rings is 1. The van der Waals surface area contributed by atoms with Gasteiger partial charge in [0.2, 0.25) is 5.91 Å². The Morgan fingerprint density at radius 1 is 1.03 bits per heavy atom. The molecule has 0 atom stereocenters. The first kappa shape index (κ1) is 23.2. The van der Waals surface area contributed by atoms with Crippen molar-refractivity contribution in [2.45, 2.75) is 79.6 Å². The molecule has 5 nitrogen and oxygen atoms in total. The molecule has 1 N–H and O–H groups in total. The van der Waals surface area contributed by atoms with Gasteiger partial charge in [0.05, 0.1) is 11.4 Å². The zero-order chi connectivity index (χ0) is 23.5. The molecule has 0 saturated carbocycles. The van der Waals surface area contributed by atoms with Crippen molar-refractivity contribution in [3.8, 4) is 5.69 Å². The van der Waals surface area contributed by atoms with Crippen LogP contribution in [-0.4, -0.2) is 27.2 Å². The normalized spacial score (nSPS) is 13.9. The molecule has 1 aliphatic rings. The van der Waals surface area contributed by atoms with E-state index in [1.165, 1.54) is 47.9 Å². The molecule has 2 aromatic heterocycles. The van der Waals surface area contributed by atoms with Gasteiger partial charge in [-0.2, -0.15) is 5.10 Å². The highest BCUT2D eigenvalue weighted by atomic mass is 16.1. The fourth-order valence-electron chi connectivity index (χ4n) is 4.93. The third kappa shape index (κ3) is 5.02. The van der Waals surface area contributed by atoms with Crippen molar-refractivity contribution >= 4 is 16.9 Å². The lowest BCUT2D eigenvalue weighted by Gasteiger charge is -2.14. The van der Waals surface area contributed by atoms with E-state index >= 15 is 0 Å². The van der Waals surface area contributed by atoms with Gasteiger partial charge >= 0.3 is 0 Å². The second kappa shape index (κ2) is 9.90. The van der Waals surface area contributed by atoms with E-state index in [1.54, 1.807) is 0 Å². The maximum atomic E-state index is 12.5. The minimum atomic E-state index is 0.118. The van der Waals surface area contributed by atoms with Crippen LogP contribution >= 0.6 is 0 Å². The molecule has 0 aliphatic heterocycles. The molecular weight excluding hydrogens is 408 g/mol. The second-order valence-electron chi connectivity index (χ2n) is 9.47. The molecule has 0 bridgehead atoms. The molecule has 0 spiro atoms. The van der Waals surface area contributed by atoms with Crippen LogP contribution in [-0.2, 0) is 11.2 Å². The molecule has 174 valence electrons. The number of hydrogen-bond acceptors (Lipinski definition) is 3. The molecule has 0 radical (unpaired) electrons. The maximum absolute atomic E-state index is 12.5. The lowest BCUT2D eigenvalue weighted by molar-refractivity contribution is -0.121. The summed E-state index contributed by atoms with van der Waals surface area (Å²) in [6.07, 6.45) is 9.48. The highest BCUT2D eigenvalue weighted by Crippen LogP contribution is 2.29. The monoisotopic (exact) mass is 444 g/mol. The number of nitrogens with one attached hydrogen (secondary N) is 1. The van der Waals surface area contributed by atoms with Crippen LogP contribution in [0.2, 0.25) is 0 Å². The number of aryl methyl sites for hydroxylation is 5. The van der Waals surface area contributed by atoms with Crippen molar-refractivity contribution in [2.75, 3.05) is 6.54 Å². The summed E-state index contributed by atoms with van der Waals surface area (Å²) in [6.45, 7) is 11.2. The number of amides is 1. The van der Waals surface area contributed by atoms with E-state index in [1.807, 2.05) is 18.5 Å². The number of aromatic nitrogens is 3. The first-order chi connectivity index (χ1) is 15.8. The van der Waals surface area contributed by atoms with Crippen molar-refractivity contribution in [3.63, 3.8) is 0 Å². The summed E-state index contributed by atoms with van der Waals surface area (Å²) in [5.41, 5.74) is 10.2. The SMILES string of the molecule is Cc1ccc(-n2nc(C)c3c(C)c(CCC(=O)NCCC4=CCCCC4)c(C)nc32)cc1C. The smallest absolute Gasteiger partial charge is 0.220 e. The van der Waals surface area contributed by atoms with Gasteiger partial charge in [-0.3, -0.25) is 4.79 Å². The maximum Gasteiger partial charge on any atom is 0.220 e. The molecule has 0 saturated heterocycles. The summed E-state index contributed by atoms with van der Waals surface area (Å²) in [7, 11) is 0. The third-order valence-corrected chi connectivity index (χ3v) is 7.06. The summed E-state index contributed by atoms with van der Waals surface area (Å²) in [5.74, 6) is 0.118. The Labute approximate surface area is 197 Å². The predicted octanol–water partition coefficient (Wildman–Crippen LogP) is 5.90. The minimum absolute atomic E-state index is 0.118. The Kier molecular flexibility index (Phi) is 6.96. The van der Waals surface area contributed by atoms with Crippen LogP contribution in [0, 0.1) is 34.6 Å². The number of allylic oxidation sites excluding steroid dienone is 1. The van der Waals surface area contributed by atoms with E-state index in [-0.39, 0.29) is 5.91 Å². The van der Waals surface area contributed by atoms with Gasteiger partial charge < -0.3 is 5.32 Å². The second-order valence-corrected chi connectivity index (χ2v) is 9.47. The standard InChI is InChI=1S/C28H36N4O/c1-18-11-12-24(17-19(18)2)32-28-27(22(5)31-32)20(3)25(21(4)30-28)13-14-26(33)29-16-15-23-9-7-6-8-10-23/h9,11-12,17H,6-8,10,13-16H2,1-5H3,(H,29,33). The highest BCUT2D eigenvalue weighted by molar-refractivity contribution is 5.85. The van der Waals surface area contributed by atoms with Crippen LogP contribution in [0.5, 0.6) is 0 Å². The van der Waals surface area contributed by atoms with Gasteiger partial charge in [0.25, 0.3) is 0 Å². The van der Waals surface area contributed by atoms with Crippen LogP contribution in [0.3, 0.4) is 0 Å². The van der Waals surface area contributed by atoms with Crippen molar-refractivity contribution < 1.29 is 4.79 Å². The van der Waals surface area contributed by atoms with Gasteiger partial charge in [0.1, 0.15) is 0 Å². The molecular formula is C28H36N4O. The summed E-state index contributed by atoms with van der Waals surface area (Å²) >= 11 is 0. The van der Waals surface area contributed by atoms with Crippen molar-refractivity contribution in [3.05, 3.63) is 63.5 Å². The van der Waals surface area contributed by atoms with Gasteiger partial charge in [-0.1, -0.05) is 17.7 Å². The predicted molar refractivity (Wildman–Crippen MR) is 135 cm³/mol. The van der Waals surface area contributed by atoms with E-state index in [4.69, 9.17) is 10.1 Å². The molecule has 1 amide bonds. The average Bonchev–Trinajstić information content (AvgIpc) is 3.12. The Bertz CT molecular complexity index is 1220. The first-order valence-electron chi connectivity index (χ1n) is 12.2. The van der Waals surface area contributed by atoms with E-state index in [0.29, 0.717) is 12.8 Å². The third-order valence-electron chi connectivity index (χ3n) is 7.06. The van der Waals surface area contributed by atoms with E-state index in [9.17, 15) is 4.79 Å². The van der Waals surface area contributed by atoms with Gasteiger partial charge in [0, 0.05) is 24.0 Å². The molecule has 1 aliphatic carbocycles. The lowest BCUT2D eigenvalue weighted by Crippen LogP contribution is -2.25. The number of fused-ring (bicyclic) bond motifs is 1. The summed E-state index contributed by atoms with van der Waals surface area (Å²) in [6, 6.07) is 6.39. The Morgan fingerprint density at radius 3 is 2.58 bits per heavy atom. The summed E-state index contributed by atoms with van der Waals surface area (Å²) in [4.78, 5) is 17.4. The molecule has 33 heavy (non-hydrogen) atoms. The minimum Gasteiger partial charge on any atom is -0.356 e. The van der Waals surface area contributed by atoms with Crippen LogP contribution < -0.4 is 5.32 Å². The molecule has 4 rings (SSSR count). The highest BCUT2D eigenvalue weighted by Gasteiger charge is 2.18. The zero-order valence-corrected chi connectivity index (χ0v) is 20.7. The fraction of sp³-hybridized carbons (Fsp3) is 0.464. The molecule has 0 unspecified atom stereocenters. The van der Waals surface area contributed by atoms with Crippen LogP contribution in [0.4, 0.5) is 0 Å². The number of benzene rings is 1. The van der Waals surface area contributed by atoms with Crippen molar-refractivity contribution in [1.29, 1.82) is 0 Å². The quantitative estimate of drug-likeness (QED) is 0.461. The molecule has 3 aromatic rings. The molecule has 5 heteroatoms. The first-order valence-corrected chi connectivity index (χ1v) is 12.2. The largest absolute Gasteiger partial charge is 0.356 e. The number of rotatable bonds is 7. The number of carbonyl (C=O) groups is 1. The Balaban J connectivity index is 1.49. The van der Waals surface area contributed by atoms with E-state index in [0.717, 1.165) is 46.6 Å². The summed E-state index contributed by atoms with van der Waals surface area (Å²) < 4.78 is 1.95. The van der Waals surface area contributed by atoms with Gasteiger partial charge in [0.15, 0.2) is 5.65 Å². The lowest BCUT2D eigenvalue weighted by atomic mass is 9.97. The Morgan fingerprint density at radius 2 is 1.85 bits per heavy atom. The van der Waals surface area contributed by atoms with Gasteiger partial charge in [-0.15, -0.1) is 0 Å². The number of carbonyl (C=O) groups excluding carboxylic acids is 1. The summed E-state index contributed by atoms with van der Waals surface area (Å²) in [5, 5.41) is 9.03. The van der Waals surface area contributed by atoms with E-state index < -0.39 is 0 Å². The van der Waals surface area contributed by atoms with Crippen molar-refractivity contribution in [1.82, 2.24) is 20.1 Å². The topological polar surface area (TPSA) is 59.8 Å². The van der Waals surface area contributed by atoms with E-state index in [2.05, 4.69) is 50.4 Å². The zero-order valence-electron chi connectivity index (χ0n) is 20.7. The molecule has 2 heterocycles. The fourth-order valence-corrected chi connectivity index (χ4v) is 4.93. The Hall–Kier alpha value is -2.95.